The lowest BCUT2D eigenvalue weighted by molar-refractivity contribution is 0.0693. The Labute approximate surface area is 97.3 Å². The van der Waals surface area contributed by atoms with Crippen molar-refractivity contribution >= 4 is 5.97 Å². The minimum atomic E-state index is -1.08. The van der Waals surface area contributed by atoms with E-state index in [4.69, 9.17) is 9.84 Å². The van der Waals surface area contributed by atoms with Gasteiger partial charge in [0.25, 0.3) is 0 Å². The molecular weight excluding hydrogens is 222 g/mol. The number of rotatable bonds is 3. The van der Waals surface area contributed by atoms with Gasteiger partial charge in [-0.15, -0.1) is 5.10 Å². The molecule has 0 aliphatic heterocycles. The van der Waals surface area contributed by atoms with E-state index in [9.17, 15) is 4.79 Å². The summed E-state index contributed by atoms with van der Waals surface area (Å²) in [6, 6.07) is 3.24. The summed E-state index contributed by atoms with van der Waals surface area (Å²) in [4.78, 5) is 14.9. The normalized spacial score (nSPS) is 10.2. The van der Waals surface area contributed by atoms with Gasteiger partial charge in [-0.1, -0.05) is 0 Å². The Kier molecular flexibility index (Phi) is 2.78. The topological polar surface area (TPSA) is 88.1 Å². The molecule has 0 fully saturated rings. The zero-order chi connectivity index (χ0) is 12.4. The van der Waals surface area contributed by atoms with Crippen LogP contribution in [0.25, 0.3) is 0 Å². The zero-order valence-electron chi connectivity index (χ0n) is 9.39. The highest BCUT2D eigenvalue weighted by atomic mass is 16.5. The van der Waals surface area contributed by atoms with Gasteiger partial charge in [0.1, 0.15) is 11.3 Å². The molecule has 0 atom stereocenters. The highest BCUT2D eigenvalue weighted by molar-refractivity contribution is 5.90. The average molecular weight is 233 g/mol. The van der Waals surface area contributed by atoms with E-state index in [1.807, 2.05) is 6.92 Å². The van der Waals surface area contributed by atoms with Crippen molar-refractivity contribution in [3.8, 4) is 11.6 Å². The van der Waals surface area contributed by atoms with Crippen LogP contribution in [0.1, 0.15) is 21.7 Å². The molecule has 2 heterocycles. The van der Waals surface area contributed by atoms with Crippen molar-refractivity contribution in [2.75, 3.05) is 0 Å². The summed E-state index contributed by atoms with van der Waals surface area (Å²) in [6.45, 7) is 3.59. The van der Waals surface area contributed by atoms with E-state index >= 15 is 0 Å². The minimum Gasteiger partial charge on any atom is -0.477 e. The molecular formula is C11H11N3O3. The van der Waals surface area contributed by atoms with Gasteiger partial charge < -0.3 is 9.84 Å². The van der Waals surface area contributed by atoms with Crippen molar-refractivity contribution in [2.45, 2.75) is 13.8 Å². The Balaban J connectivity index is 2.37. The van der Waals surface area contributed by atoms with Gasteiger partial charge in [0.15, 0.2) is 0 Å². The van der Waals surface area contributed by atoms with Crippen LogP contribution in [-0.4, -0.2) is 26.3 Å². The molecule has 6 nitrogen and oxygen atoms in total. The maximum absolute atomic E-state index is 11.0. The standard InChI is InChI=1S/C11H11N3O3/c1-6-3-9(8(5-12-6)11(15)16)17-10-4-7(2)13-14-10/h3-5H,1-2H3,(H,13,14)(H,15,16). The molecule has 6 heteroatoms. The summed E-state index contributed by atoms with van der Waals surface area (Å²) >= 11 is 0. The predicted molar refractivity (Wildman–Crippen MR) is 59.3 cm³/mol. The molecule has 0 aromatic carbocycles. The summed E-state index contributed by atoms with van der Waals surface area (Å²) < 4.78 is 5.41. The molecule has 2 aromatic heterocycles. The Morgan fingerprint density at radius 3 is 2.76 bits per heavy atom. The second-order valence-corrected chi connectivity index (χ2v) is 3.62. The number of hydrogen-bond acceptors (Lipinski definition) is 4. The maximum Gasteiger partial charge on any atom is 0.341 e. The van der Waals surface area contributed by atoms with Gasteiger partial charge in [0, 0.05) is 29.7 Å². The van der Waals surface area contributed by atoms with E-state index in [2.05, 4.69) is 15.2 Å². The number of ether oxygens (including phenoxy) is 1. The number of aromatic carboxylic acids is 1. The van der Waals surface area contributed by atoms with E-state index in [1.165, 1.54) is 6.20 Å². The van der Waals surface area contributed by atoms with Crippen LogP contribution in [0, 0.1) is 13.8 Å². The number of carbonyl (C=O) groups is 1. The molecule has 0 radical (unpaired) electrons. The highest BCUT2D eigenvalue weighted by Crippen LogP contribution is 2.24. The Morgan fingerprint density at radius 2 is 2.18 bits per heavy atom. The van der Waals surface area contributed by atoms with Crippen molar-refractivity contribution in [1.29, 1.82) is 0 Å². The molecule has 88 valence electrons. The van der Waals surface area contributed by atoms with Crippen molar-refractivity contribution in [1.82, 2.24) is 15.2 Å². The van der Waals surface area contributed by atoms with Gasteiger partial charge in [-0.25, -0.2) is 4.79 Å². The van der Waals surface area contributed by atoms with Gasteiger partial charge in [0.05, 0.1) is 0 Å². The second-order valence-electron chi connectivity index (χ2n) is 3.62. The van der Waals surface area contributed by atoms with E-state index in [0.717, 1.165) is 5.69 Å². The van der Waals surface area contributed by atoms with Crippen molar-refractivity contribution < 1.29 is 14.6 Å². The summed E-state index contributed by atoms with van der Waals surface area (Å²) in [5.41, 5.74) is 1.52. The average Bonchev–Trinajstić information content (AvgIpc) is 2.63. The van der Waals surface area contributed by atoms with Crippen LogP contribution < -0.4 is 4.74 Å². The predicted octanol–water partition coefficient (Wildman–Crippen LogP) is 1.91. The number of nitrogens with zero attached hydrogens (tertiary/aromatic N) is 2. The first-order chi connectivity index (χ1) is 8.06. The molecule has 2 rings (SSSR count). The fraction of sp³-hybridized carbons (Fsp3) is 0.182. The van der Waals surface area contributed by atoms with Crippen LogP contribution in [0.3, 0.4) is 0 Å². The third-order valence-electron chi connectivity index (χ3n) is 2.13. The molecule has 0 bridgehead atoms. The lowest BCUT2D eigenvalue weighted by Gasteiger charge is -2.06. The molecule has 0 aliphatic carbocycles. The van der Waals surface area contributed by atoms with Crippen LogP contribution in [-0.2, 0) is 0 Å². The molecule has 0 amide bonds. The number of aryl methyl sites for hydroxylation is 2. The van der Waals surface area contributed by atoms with E-state index < -0.39 is 5.97 Å². The first-order valence-corrected chi connectivity index (χ1v) is 4.96. The van der Waals surface area contributed by atoms with Crippen molar-refractivity contribution in [3.63, 3.8) is 0 Å². The summed E-state index contributed by atoms with van der Waals surface area (Å²) in [6.07, 6.45) is 1.27. The molecule has 17 heavy (non-hydrogen) atoms. The van der Waals surface area contributed by atoms with Gasteiger partial charge >= 0.3 is 5.97 Å². The summed E-state index contributed by atoms with van der Waals surface area (Å²) in [5.74, 6) is -0.521. The largest absolute Gasteiger partial charge is 0.477 e. The van der Waals surface area contributed by atoms with Gasteiger partial charge in [-0.2, -0.15) is 0 Å². The molecule has 2 N–H and O–H groups in total. The third-order valence-corrected chi connectivity index (χ3v) is 2.13. The minimum absolute atomic E-state index is 0.0104. The van der Waals surface area contributed by atoms with E-state index in [1.54, 1.807) is 19.1 Å². The zero-order valence-corrected chi connectivity index (χ0v) is 9.39. The fourth-order valence-electron chi connectivity index (χ4n) is 1.34. The number of carboxylic acids is 1. The number of carboxylic acid groups (broad SMARTS) is 1. The number of nitrogens with one attached hydrogen (secondary N) is 1. The van der Waals surface area contributed by atoms with Crippen molar-refractivity contribution in [2.24, 2.45) is 0 Å². The van der Waals surface area contributed by atoms with Crippen LogP contribution in [0.4, 0.5) is 0 Å². The molecule has 0 saturated carbocycles. The Hall–Kier alpha value is -2.37. The number of aromatic nitrogens is 3. The molecule has 0 aliphatic rings. The number of H-pyrrole nitrogens is 1. The van der Waals surface area contributed by atoms with Crippen LogP contribution >= 0.6 is 0 Å². The first kappa shape index (κ1) is 11.1. The summed E-state index contributed by atoms with van der Waals surface area (Å²) in [7, 11) is 0. The number of pyridine rings is 1. The quantitative estimate of drug-likeness (QED) is 0.845. The second kappa shape index (κ2) is 4.25. The SMILES string of the molecule is Cc1cc(Oc2cc(C)[nH]n2)c(C(=O)O)cn1. The van der Waals surface area contributed by atoms with Gasteiger partial charge in [0.2, 0.25) is 5.88 Å². The molecule has 2 aromatic rings. The van der Waals surface area contributed by atoms with E-state index in [0.29, 0.717) is 11.6 Å². The van der Waals surface area contributed by atoms with E-state index in [-0.39, 0.29) is 11.3 Å². The van der Waals surface area contributed by atoms with Crippen LogP contribution in [0.15, 0.2) is 18.3 Å². The number of hydrogen-bond donors (Lipinski definition) is 2. The van der Waals surface area contributed by atoms with Gasteiger partial charge in [-0.3, -0.25) is 10.1 Å². The Bertz CT molecular complexity index is 563. The molecule has 0 saturated heterocycles. The lowest BCUT2D eigenvalue weighted by atomic mass is 10.2. The lowest BCUT2D eigenvalue weighted by Crippen LogP contribution is -2.02. The molecule has 0 unspecified atom stereocenters. The smallest absolute Gasteiger partial charge is 0.341 e. The molecule has 0 spiro atoms. The first-order valence-electron chi connectivity index (χ1n) is 4.96. The van der Waals surface area contributed by atoms with Gasteiger partial charge in [-0.05, 0) is 13.8 Å². The third kappa shape index (κ3) is 2.41. The van der Waals surface area contributed by atoms with Crippen LogP contribution in [0.2, 0.25) is 0 Å². The maximum atomic E-state index is 11.0. The van der Waals surface area contributed by atoms with Crippen LogP contribution in [0.5, 0.6) is 11.6 Å². The Morgan fingerprint density at radius 1 is 1.41 bits per heavy atom. The highest BCUT2D eigenvalue weighted by Gasteiger charge is 2.14. The monoisotopic (exact) mass is 233 g/mol. The number of aromatic amines is 1. The summed E-state index contributed by atoms with van der Waals surface area (Å²) in [5, 5.41) is 15.6. The van der Waals surface area contributed by atoms with Crippen molar-refractivity contribution in [3.05, 3.63) is 35.3 Å². The fourth-order valence-corrected chi connectivity index (χ4v) is 1.34.